The Balaban J connectivity index is 1.90. The van der Waals surface area contributed by atoms with Crippen molar-refractivity contribution >= 4 is 18.0 Å². The van der Waals surface area contributed by atoms with Gasteiger partial charge in [0.05, 0.1) is 40.7 Å². The Kier molecular flexibility index (Phi) is 8.49. The van der Waals surface area contributed by atoms with Crippen LogP contribution in [0.4, 0.5) is 0 Å². The maximum atomic E-state index is 12.4. The van der Waals surface area contributed by atoms with Crippen molar-refractivity contribution in [3.63, 3.8) is 0 Å². The van der Waals surface area contributed by atoms with E-state index >= 15 is 0 Å². The van der Waals surface area contributed by atoms with Crippen molar-refractivity contribution in [3.05, 3.63) is 47.5 Å². The van der Waals surface area contributed by atoms with Gasteiger partial charge in [0, 0.05) is 5.56 Å². The number of carbonyl (C=O) groups is 2. The summed E-state index contributed by atoms with van der Waals surface area (Å²) in [4.78, 5) is 24.3. The zero-order valence-corrected chi connectivity index (χ0v) is 17.4. The third-order valence-electron chi connectivity index (χ3n) is 3.93. The minimum absolute atomic E-state index is 0.254. The van der Waals surface area contributed by atoms with Crippen molar-refractivity contribution in [2.24, 2.45) is 5.10 Å². The second kappa shape index (κ2) is 11.3. The first kappa shape index (κ1) is 22.5. The molecule has 9 heteroatoms. The molecule has 2 aromatic carbocycles. The predicted octanol–water partition coefficient (Wildman–Crippen LogP) is 1.99. The third-order valence-corrected chi connectivity index (χ3v) is 3.93. The number of rotatable bonds is 10. The molecule has 0 aliphatic carbocycles. The Hall–Kier alpha value is -3.75. The zero-order chi connectivity index (χ0) is 21.9. The van der Waals surface area contributed by atoms with Gasteiger partial charge in [0.25, 0.3) is 11.8 Å². The summed E-state index contributed by atoms with van der Waals surface area (Å²) in [7, 11) is 4.38. The van der Waals surface area contributed by atoms with Gasteiger partial charge in [-0.25, -0.2) is 5.43 Å². The second-order valence-electron chi connectivity index (χ2n) is 5.89. The van der Waals surface area contributed by atoms with Gasteiger partial charge in [-0.1, -0.05) is 0 Å². The van der Waals surface area contributed by atoms with Gasteiger partial charge in [-0.2, -0.15) is 5.10 Å². The van der Waals surface area contributed by atoms with Gasteiger partial charge >= 0.3 is 0 Å². The molecule has 0 atom stereocenters. The number of nitrogens with one attached hydrogen (secondary N) is 2. The van der Waals surface area contributed by atoms with Crippen molar-refractivity contribution in [1.29, 1.82) is 0 Å². The van der Waals surface area contributed by atoms with E-state index in [1.54, 1.807) is 0 Å². The Bertz CT molecular complexity index is 871. The van der Waals surface area contributed by atoms with E-state index in [1.807, 2.05) is 31.2 Å². The molecule has 0 radical (unpaired) electrons. The molecule has 0 spiro atoms. The van der Waals surface area contributed by atoms with Crippen molar-refractivity contribution in [3.8, 4) is 23.0 Å². The van der Waals surface area contributed by atoms with E-state index in [0.717, 1.165) is 11.3 Å². The van der Waals surface area contributed by atoms with Crippen LogP contribution in [-0.2, 0) is 4.79 Å². The number of nitrogens with zero attached hydrogens (tertiary/aromatic N) is 1. The highest BCUT2D eigenvalue weighted by Gasteiger charge is 2.17. The number of carbonyl (C=O) groups excluding carboxylic acids is 2. The van der Waals surface area contributed by atoms with E-state index < -0.39 is 11.8 Å². The summed E-state index contributed by atoms with van der Waals surface area (Å²) < 4.78 is 21.0. The van der Waals surface area contributed by atoms with E-state index in [9.17, 15) is 9.59 Å². The fourth-order valence-electron chi connectivity index (χ4n) is 2.51. The van der Waals surface area contributed by atoms with Crippen molar-refractivity contribution in [1.82, 2.24) is 10.7 Å². The van der Waals surface area contributed by atoms with Gasteiger partial charge < -0.3 is 24.3 Å². The minimum Gasteiger partial charge on any atom is -0.494 e. The molecule has 0 bridgehead atoms. The molecule has 0 fully saturated rings. The van der Waals surface area contributed by atoms with Crippen LogP contribution in [0, 0.1) is 0 Å². The molecule has 2 amide bonds. The summed E-state index contributed by atoms with van der Waals surface area (Å²) >= 11 is 0. The maximum Gasteiger partial charge on any atom is 0.259 e. The summed E-state index contributed by atoms with van der Waals surface area (Å²) in [5, 5.41) is 6.39. The molecule has 0 aromatic heterocycles. The van der Waals surface area contributed by atoms with Crippen molar-refractivity contribution in [2.75, 3.05) is 34.5 Å². The Morgan fingerprint density at radius 1 is 1.00 bits per heavy atom. The monoisotopic (exact) mass is 415 g/mol. The normalized spacial score (nSPS) is 10.4. The lowest BCUT2D eigenvalue weighted by Gasteiger charge is -2.14. The van der Waals surface area contributed by atoms with Gasteiger partial charge in [-0.15, -0.1) is 0 Å². The number of methoxy groups -OCH3 is 3. The van der Waals surface area contributed by atoms with Gasteiger partial charge in [-0.3, -0.25) is 9.59 Å². The van der Waals surface area contributed by atoms with E-state index in [2.05, 4.69) is 15.8 Å². The van der Waals surface area contributed by atoms with Gasteiger partial charge in [0.15, 0.2) is 11.5 Å². The highest BCUT2D eigenvalue weighted by atomic mass is 16.5. The summed E-state index contributed by atoms with van der Waals surface area (Å²) in [6, 6.07) is 10.2. The van der Waals surface area contributed by atoms with Gasteiger partial charge in [-0.05, 0) is 48.9 Å². The van der Waals surface area contributed by atoms with Crippen LogP contribution >= 0.6 is 0 Å². The average molecular weight is 415 g/mol. The molecule has 0 aliphatic heterocycles. The number of benzene rings is 2. The third kappa shape index (κ3) is 6.13. The Labute approximate surface area is 175 Å². The molecule has 0 heterocycles. The molecule has 160 valence electrons. The van der Waals surface area contributed by atoms with E-state index in [0.29, 0.717) is 23.9 Å². The quantitative estimate of drug-likeness (QED) is 0.454. The van der Waals surface area contributed by atoms with Gasteiger partial charge in [0.1, 0.15) is 5.75 Å². The summed E-state index contributed by atoms with van der Waals surface area (Å²) in [5.74, 6) is 0.863. The lowest BCUT2D eigenvalue weighted by molar-refractivity contribution is -0.120. The van der Waals surface area contributed by atoms with Crippen LogP contribution in [0.25, 0.3) is 0 Å². The zero-order valence-electron chi connectivity index (χ0n) is 17.4. The minimum atomic E-state index is -0.474. The van der Waals surface area contributed by atoms with Crippen LogP contribution in [-0.4, -0.2) is 52.5 Å². The Morgan fingerprint density at radius 3 is 2.17 bits per heavy atom. The topological polar surface area (TPSA) is 107 Å². The highest BCUT2D eigenvalue weighted by Crippen LogP contribution is 2.38. The molecule has 30 heavy (non-hydrogen) atoms. The first-order chi connectivity index (χ1) is 14.5. The van der Waals surface area contributed by atoms with Crippen LogP contribution in [0.3, 0.4) is 0 Å². The molecule has 0 saturated carbocycles. The molecule has 0 unspecified atom stereocenters. The highest BCUT2D eigenvalue weighted by molar-refractivity contribution is 5.97. The van der Waals surface area contributed by atoms with E-state index in [1.165, 1.54) is 39.7 Å². The molecule has 2 N–H and O–H groups in total. The summed E-state index contributed by atoms with van der Waals surface area (Å²) in [6.07, 6.45) is 1.49. The van der Waals surface area contributed by atoms with E-state index in [-0.39, 0.29) is 12.1 Å². The van der Waals surface area contributed by atoms with Crippen LogP contribution < -0.4 is 29.7 Å². The first-order valence-electron chi connectivity index (χ1n) is 9.15. The number of hydrogen-bond donors (Lipinski definition) is 2. The number of hydrogen-bond acceptors (Lipinski definition) is 7. The second-order valence-corrected chi connectivity index (χ2v) is 5.89. The average Bonchev–Trinajstić information content (AvgIpc) is 2.77. The fourth-order valence-corrected chi connectivity index (χ4v) is 2.51. The number of ether oxygens (including phenoxy) is 4. The molecule has 2 aromatic rings. The fraction of sp³-hybridized carbons (Fsp3) is 0.286. The molecule has 0 aliphatic rings. The first-order valence-corrected chi connectivity index (χ1v) is 9.15. The number of hydrazone groups is 1. The molecule has 9 nitrogen and oxygen atoms in total. The standard InChI is InChI=1S/C21H25N3O6/c1-5-30-16-8-6-14(7-9-16)12-23-24-19(25)13-22-21(26)15-10-17(27-2)20(29-4)18(11-15)28-3/h6-12H,5,13H2,1-4H3,(H,22,26)(H,24,25)/b23-12+. The molecule has 2 rings (SSSR count). The largest absolute Gasteiger partial charge is 0.494 e. The van der Waals surface area contributed by atoms with E-state index in [4.69, 9.17) is 18.9 Å². The summed E-state index contributed by atoms with van der Waals surface area (Å²) in [5.41, 5.74) is 3.41. The van der Waals surface area contributed by atoms with Gasteiger partial charge in [0.2, 0.25) is 5.75 Å². The Morgan fingerprint density at radius 2 is 1.63 bits per heavy atom. The van der Waals surface area contributed by atoms with Crippen LogP contribution in [0.5, 0.6) is 23.0 Å². The predicted molar refractivity (Wildman–Crippen MR) is 112 cm³/mol. The van der Waals surface area contributed by atoms with Crippen molar-refractivity contribution < 1.29 is 28.5 Å². The summed E-state index contributed by atoms with van der Waals surface area (Å²) in [6.45, 7) is 2.24. The van der Waals surface area contributed by atoms with Crippen LogP contribution in [0.15, 0.2) is 41.5 Å². The molecule has 0 saturated heterocycles. The van der Waals surface area contributed by atoms with Crippen molar-refractivity contribution in [2.45, 2.75) is 6.92 Å². The lowest BCUT2D eigenvalue weighted by atomic mass is 10.1. The molecular weight excluding hydrogens is 390 g/mol. The SMILES string of the molecule is CCOc1ccc(/C=N/NC(=O)CNC(=O)c2cc(OC)c(OC)c(OC)c2)cc1. The van der Waals surface area contributed by atoms with Crippen LogP contribution in [0.1, 0.15) is 22.8 Å². The smallest absolute Gasteiger partial charge is 0.259 e. The molecular formula is C21H25N3O6. The maximum absolute atomic E-state index is 12.4. The van der Waals surface area contributed by atoms with Crippen LogP contribution in [0.2, 0.25) is 0 Å². The lowest BCUT2D eigenvalue weighted by Crippen LogP contribution is -2.34. The number of amides is 2.